The van der Waals surface area contributed by atoms with Crippen molar-refractivity contribution in [3.63, 3.8) is 0 Å². The first-order valence-corrected chi connectivity index (χ1v) is 6.21. The van der Waals surface area contributed by atoms with Crippen molar-refractivity contribution in [2.45, 2.75) is 33.1 Å². The minimum Gasteiger partial charge on any atom is -0.299 e. The SMILES string of the molecule is Cc1ccc(C(=O)C2CC(C)CCC2=O)cc1. The highest BCUT2D eigenvalue weighted by Crippen LogP contribution is 2.28. The van der Waals surface area contributed by atoms with Gasteiger partial charge in [-0.15, -0.1) is 0 Å². The Morgan fingerprint density at radius 3 is 2.53 bits per heavy atom. The van der Waals surface area contributed by atoms with Crippen LogP contribution in [0.2, 0.25) is 0 Å². The van der Waals surface area contributed by atoms with E-state index < -0.39 is 5.92 Å². The van der Waals surface area contributed by atoms with Crippen molar-refractivity contribution in [3.8, 4) is 0 Å². The number of Topliss-reactive ketones (excluding diaryl/α,β-unsaturated/α-hetero) is 2. The van der Waals surface area contributed by atoms with Gasteiger partial charge >= 0.3 is 0 Å². The minimum absolute atomic E-state index is 0.00144. The summed E-state index contributed by atoms with van der Waals surface area (Å²) in [7, 11) is 0. The van der Waals surface area contributed by atoms with E-state index in [0.29, 0.717) is 24.3 Å². The van der Waals surface area contributed by atoms with Crippen molar-refractivity contribution >= 4 is 11.6 Å². The van der Waals surface area contributed by atoms with Crippen LogP contribution in [0.1, 0.15) is 42.1 Å². The molecule has 17 heavy (non-hydrogen) atoms. The minimum atomic E-state index is -0.401. The Morgan fingerprint density at radius 1 is 1.24 bits per heavy atom. The fraction of sp³-hybridized carbons (Fsp3) is 0.467. The molecule has 1 saturated carbocycles. The van der Waals surface area contributed by atoms with E-state index in [-0.39, 0.29) is 11.6 Å². The third-order valence-electron chi connectivity index (χ3n) is 3.56. The van der Waals surface area contributed by atoms with Gasteiger partial charge in [-0.1, -0.05) is 36.8 Å². The van der Waals surface area contributed by atoms with Gasteiger partial charge in [-0.2, -0.15) is 0 Å². The Morgan fingerprint density at radius 2 is 1.88 bits per heavy atom. The fourth-order valence-electron chi connectivity index (χ4n) is 2.39. The van der Waals surface area contributed by atoms with Crippen LogP contribution in [0.15, 0.2) is 24.3 Å². The van der Waals surface area contributed by atoms with Crippen molar-refractivity contribution in [2.75, 3.05) is 0 Å². The lowest BCUT2D eigenvalue weighted by atomic mass is 9.78. The monoisotopic (exact) mass is 230 g/mol. The van der Waals surface area contributed by atoms with E-state index in [1.54, 1.807) is 0 Å². The number of ketones is 2. The Balaban J connectivity index is 2.18. The summed E-state index contributed by atoms with van der Waals surface area (Å²) >= 11 is 0. The Labute approximate surface area is 102 Å². The highest BCUT2D eigenvalue weighted by Gasteiger charge is 2.32. The molecule has 1 aliphatic rings. The lowest BCUT2D eigenvalue weighted by molar-refractivity contribution is -0.123. The van der Waals surface area contributed by atoms with Crippen LogP contribution in [-0.4, -0.2) is 11.6 Å². The zero-order valence-corrected chi connectivity index (χ0v) is 10.4. The summed E-state index contributed by atoms with van der Waals surface area (Å²) in [5.41, 5.74) is 1.80. The van der Waals surface area contributed by atoms with Gasteiger partial charge in [0.2, 0.25) is 0 Å². The molecule has 0 spiro atoms. The largest absolute Gasteiger partial charge is 0.299 e. The molecular formula is C15H18O2. The van der Waals surface area contributed by atoms with Crippen LogP contribution in [0, 0.1) is 18.8 Å². The van der Waals surface area contributed by atoms with Crippen LogP contribution in [0.5, 0.6) is 0 Å². The summed E-state index contributed by atoms with van der Waals surface area (Å²) in [4.78, 5) is 24.0. The van der Waals surface area contributed by atoms with Crippen LogP contribution in [0.25, 0.3) is 0 Å². The molecular weight excluding hydrogens is 212 g/mol. The van der Waals surface area contributed by atoms with Crippen LogP contribution < -0.4 is 0 Å². The molecule has 2 rings (SSSR count). The second-order valence-electron chi connectivity index (χ2n) is 5.13. The maximum atomic E-state index is 12.2. The summed E-state index contributed by atoms with van der Waals surface area (Å²) in [5, 5.41) is 0. The number of carbonyl (C=O) groups excluding carboxylic acids is 2. The Kier molecular flexibility index (Phi) is 3.41. The molecule has 90 valence electrons. The maximum absolute atomic E-state index is 12.2. The van der Waals surface area contributed by atoms with E-state index in [9.17, 15) is 9.59 Å². The van der Waals surface area contributed by atoms with Crippen molar-refractivity contribution in [2.24, 2.45) is 11.8 Å². The van der Waals surface area contributed by atoms with Crippen molar-refractivity contribution in [3.05, 3.63) is 35.4 Å². The topological polar surface area (TPSA) is 34.1 Å². The summed E-state index contributed by atoms with van der Waals surface area (Å²) in [6.07, 6.45) is 2.20. The van der Waals surface area contributed by atoms with E-state index in [4.69, 9.17) is 0 Å². The summed E-state index contributed by atoms with van der Waals surface area (Å²) in [5.74, 6) is 0.198. The fourth-order valence-corrected chi connectivity index (χ4v) is 2.39. The summed E-state index contributed by atoms with van der Waals surface area (Å²) in [6.45, 7) is 4.10. The van der Waals surface area contributed by atoms with E-state index in [1.165, 1.54) is 0 Å². The molecule has 1 aliphatic carbocycles. The van der Waals surface area contributed by atoms with Gasteiger partial charge < -0.3 is 0 Å². The number of rotatable bonds is 2. The second kappa shape index (κ2) is 4.82. The molecule has 0 bridgehead atoms. The van der Waals surface area contributed by atoms with Crippen molar-refractivity contribution in [1.29, 1.82) is 0 Å². The number of benzene rings is 1. The quantitative estimate of drug-likeness (QED) is 0.577. The first-order chi connectivity index (χ1) is 8.08. The van der Waals surface area contributed by atoms with E-state index in [1.807, 2.05) is 31.2 Å². The molecule has 2 heteroatoms. The molecule has 2 unspecified atom stereocenters. The molecule has 1 fully saturated rings. The van der Waals surface area contributed by atoms with Gasteiger partial charge in [0.1, 0.15) is 5.78 Å². The highest BCUT2D eigenvalue weighted by atomic mass is 16.1. The normalized spacial score (nSPS) is 24.7. The second-order valence-corrected chi connectivity index (χ2v) is 5.13. The van der Waals surface area contributed by atoms with Gasteiger partial charge in [0.05, 0.1) is 5.92 Å². The van der Waals surface area contributed by atoms with Gasteiger partial charge in [0, 0.05) is 12.0 Å². The molecule has 0 amide bonds. The van der Waals surface area contributed by atoms with E-state index in [2.05, 4.69) is 6.92 Å². The predicted molar refractivity (Wildman–Crippen MR) is 67.0 cm³/mol. The summed E-state index contributed by atoms with van der Waals surface area (Å²) in [6, 6.07) is 7.49. The van der Waals surface area contributed by atoms with Gasteiger partial charge in [0.25, 0.3) is 0 Å². The molecule has 0 radical (unpaired) electrons. The third kappa shape index (κ3) is 2.63. The molecule has 2 nitrogen and oxygen atoms in total. The molecule has 0 N–H and O–H groups in total. The predicted octanol–water partition coefficient (Wildman–Crippen LogP) is 3.18. The Hall–Kier alpha value is -1.44. The Bertz CT molecular complexity index is 431. The van der Waals surface area contributed by atoms with Crippen molar-refractivity contribution in [1.82, 2.24) is 0 Å². The van der Waals surface area contributed by atoms with Crippen LogP contribution >= 0.6 is 0 Å². The zero-order valence-electron chi connectivity index (χ0n) is 10.4. The summed E-state index contributed by atoms with van der Waals surface area (Å²) < 4.78 is 0. The molecule has 0 aliphatic heterocycles. The van der Waals surface area contributed by atoms with Gasteiger partial charge in [0.15, 0.2) is 5.78 Å². The number of aryl methyl sites for hydroxylation is 1. The van der Waals surface area contributed by atoms with Crippen molar-refractivity contribution < 1.29 is 9.59 Å². The van der Waals surface area contributed by atoms with Gasteiger partial charge in [-0.3, -0.25) is 9.59 Å². The average Bonchev–Trinajstić information content (AvgIpc) is 2.32. The number of hydrogen-bond donors (Lipinski definition) is 0. The maximum Gasteiger partial charge on any atom is 0.173 e. The van der Waals surface area contributed by atoms with E-state index >= 15 is 0 Å². The number of carbonyl (C=O) groups is 2. The lowest BCUT2D eigenvalue weighted by Gasteiger charge is -2.24. The molecule has 1 aromatic rings. The smallest absolute Gasteiger partial charge is 0.173 e. The van der Waals surface area contributed by atoms with Crippen LogP contribution in [-0.2, 0) is 4.79 Å². The molecule has 1 aromatic carbocycles. The molecule has 2 atom stereocenters. The third-order valence-corrected chi connectivity index (χ3v) is 3.56. The van der Waals surface area contributed by atoms with E-state index in [0.717, 1.165) is 12.0 Å². The van der Waals surface area contributed by atoms with Gasteiger partial charge in [-0.25, -0.2) is 0 Å². The van der Waals surface area contributed by atoms with Crippen LogP contribution in [0.4, 0.5) is 0 Å². The number of hydrogen-bond acceptors (Lipinski definition) is 2. The first-order valence-electron chi connectivity index (χ1n) is 6.21. The lowest BCUT2D eigenvalue weighted by Crippen LogP contribution is -2.30. The molecule has 0 heterocycles. The zero-order chi connectivity index (χ0) is 12.4. The highest BCUT2D eigenvalue weighted by molar-refractivity contribution is 6.10. The standard InChI is InChI=1S/C15H18O2/c1-10-3-6-12(7-4-10)15(17)13-9-11(2)5-8-14(13)16/h3-4,6-7,11,13H,5,8-9H2,1-2H3. The van der Waals surface area contributed by atoms with Crippen LogP contribution in [0.3, 0.4) is 0 Å². The average molecular weight is 230 g/mol. The molecule has 0 aromatic heterocycles. The molecule has 0 saturated heterocycles. The van der Waals surface area contributed by atoms with Gasteiger partial charge in [-0.05, 0) is 25.7 Å². The first kappa shape index (κ1) is 12.0.